The third-order valence-corrected chi connectivity index (χ3v) is 3.65. The topological polar surface area (TPSA) is 24.5 Å². The van der Waals surface area contributed by atoms with Crippen LogP contribution in [0.15, 0.2) is 0 Å². The van der Waals surface area contributed by atoms with Gasteiger partial charge in [-0.25, -0.2) is 0 Å². The summed E-state index contributed by atoms with van der Waals surface area (Å²) in [7, 11) is 0. The summed E-state index contributed by atoms with van der Waals surface area (Å²) < 4.78 is 5.60. The standard InChI is InChI=1S/C12H24N2O/c1-10(2)15-6-5-14-4-3-11-7-13-8-12(11)9-14/h10-13H,3-9H2,1-2H3. The summed E-state index contributed by atoms with van der Waals surface area (Å²) in [6.07, 6.45) is 1.75. The molecular formula is C12H24N2O. The zero-order valence-corrected chi connectivity index (χ0v) is 10.0. The first-order chi connectivity index (χ1) is 7.25. The first-order valence-electron chi connectivity index (χ1n) is 6.30. The van der Waals surface area contributed by atoms with E-state index in [1.807, 2.05) is 0 Å². The van der Waals surface area contributed by atoms with Gasteiger partial charge in [0, 0.05) is 13.1 Å². The van der Waals surface area contributed by atoms with Gasteiger partial charge in [0.2, 0.25) is 0 Å². The average molecular weight is 212 g/mol. The Morgan fingerprint density at radius 2 is 2.13 bits per heavy atom. The van der Waals surface area contributed by atoms with Gasteiger partial charge in [-0.1, -0.05) is 0 Å². The zero-order chi connectivity index (χ0) is 10.7. The highest BCUT2D eigenvalue weighted by Gasteiger charge is 2.32. The van der Waals surface area contributed by atoms with E-state index in [1.165, 1.54) is 32.6 Å². The van der Waals surface area contributed by atoms with Crippen LogP contribution in [0, 0.1) is 11.8 Å². The molecule has 0 amide bonds. The van der Waals surface area contributed by atoms with Crippen molar-refractivity contribution in [2.45, 2.75) is 26.4 Å². The number of nitrogens with one attached hydrogen (secondary N) is 1. The highest BCUT2D eigenvalue weighted by Crippen LogP contribution is 2.26. The summed E-state index contributed by atoms with van der Waals surface area (Å²) in [5.41, 5.74) is 0. The fourth-order valence-corrected chi connectivity index (χ4v) is 2.73. The molecule has 3 nitrogen and oxygen atoms in total. The number of piperidine rings is 1. The molecule has 0 saturated carbocycles. The van der Waals surface area contributed by atoms with E-state index in [2.05, 4.69) is 24.1 Å². The Bertz CT molecular complexity index is 196. The molecule has 2 fully saturated rings. The van der Waals surface area contributed by atoms with E-state index in [0.29, 0.717) is 6.10 Å². The van der Waals surface area contributed by atoms with Gasteiger partial charge >= 0.3 is 0 Å². The molecular weight excluding hydrogens is 188 g/mol. The Balaban J connectivity index is 1.66. The van der Waals surface area contributed by atoms with Crippen LogP contribution in [0.4, 0.5) is 0 Å². The number of fused-ring (bicyclic) bond motifs is 1. The molecule has 0 bridgehead atoms. The lowest BCUT2D eigenvalue weighted by Crippen LogP contribution is -2.41. The molecule has 0 aromatic heterocycles. The highest BCUT2D eigenvalue weighted by atomic mass is 16.5. The Hall–Kier alpha value is -0.120. The van der Waals surface area contributed by atoms with Gasteiger partial charge in [0.05, 0.1) is 12.7 Å². The lowest BCUT2D eigenvalue weighted by atomic mass is 9.89. The molecule has 0 aromatic carbocycles. The maximum absolute atomic E-state index is 5.60. The second-order valence-electron chi connectivity index (χ2n) is 5.19. The molecule has 2 unspecified atom stereocenters. The van der Waals surface area contributed by atoms with Gasteiger partial charge in [0.1, 0.15) is 0 Å². The van der Waals surface area contributed by atoms with Crippen LogP contribution in [0.5, 0.6) is 0 Å². The van der Waals surface area contributed by atoms with E-state index in [-0.39, 0.29) is 0 Å². The predicted molar refractivity (Wildman–Crippen MR) is 62.0 cm³/mol. The molecule has 88 valence electrons. The molecule has 2 atom stereocenters. The van der Waals surface area contributed by atoms with E-state index < -0.39 is 0 Å². The minimum Gasteiger partial charge on any atom is -0.377 e. The number of likely N-dealkylation sites (tertiary alicyclic amines) is 1. The first-order valence-corrected chi connectivity index (χ1v) is 6.30. The molecule has 2 heterocycles. The summed E-state index contributed by atoms with van der Waals surface area (Å²) in [6.45, 7) is 11.2. The van der Waals surface area contributed by atoms with Gasteiger partial charge in [0.25, 0.3) is 0 Å². The van der Waals surface area contributed by atoms with E-state index in [9.17, 15) is 0 Å². The van der Waals surface area contributed by atoms with Crippen LogP contribution in [0.3, 0.4) is 0 Å². The number of ether oxygens (including phenoxy) is 1. The number of hydrogen-bond donors (Lipinski definition) is 1. The fourth-order valence-electron chi connectivity index (χ4n) is 2.73. The summed E-state index contributed by atoms with van der Waals surface area (Å²) in [5.74, 6) is 1.85. The smallest absolute Gasteiger partial charge is 0.0596 e. The van der Waals surface area contributed by atoms with Crippen LogP contribution in [0.1, 0.15) is 20.3 Å². The minimum absolute atomic E-state index is 0.371. The highest BCUT2D eigenvalue weighted by molar-refractivity contribution is 4.87. The van der Waals surface area contributed by atoms with Gasteiger partial charge in [-0.3, -0.25) is 0 Å². The minimum atomic E-state index is 0.371. The van der Waals surface area contributed by atoms with Gasteiger partial charge in [-0.15, -0.1) is 0 Å². The molecule has 2 rings (SSSR count). The third-order valence-electron chi connectivity index (χ3n) is 3.65. The summed E-state index contributed by atoms with van der Waals surface area (Å²) in [5, 5.41) is 3.50. The molecule has 2 aliphatic rings. The molecule has 0 radical (unpaired) electrons. The van der Waals surface area contributed by atoms with E-state index in [1.54, 1.807) is 0 Å². The van der Waals surface area contributed by atoms with Crippen molar-refractivity contribution in [3.8, 4) is 0 Å². The Labute approximate surface area is 93.2 Å². The Morgan fingerprint density at radius 1 is 1.33 bits per heavy atom. The van der Waals surface area contributed by atoms with Crippen molar-refractivity contribution in [2.24, 2.45) is 11.8 Å². The van der Waals surface area contributed by atoms with E-state index in [0.717, 1.165) is 25.0 Å². The number of nitrogens with zero attached hydrogens (tertiary/aromatic N) is 1. The van der Waals surface area contributed by atoms with Gasteiger partial charge in [-0.2, -0.15) is 0 Å². The fraction of sp³-hybridized carbons (Fsp3) is 1.00. The van der Waals surface area contributed by atoms with Crippen molar-refractivity contribution < 1.29 is 4.74 Å². The summed E-state index contributed by atoms with van der Waals surface area (Å²) in [6, 6.07) is 0. The maximum Gasteiger partial charge on any atom is 0.0596 e. The largest absolute Gasteiger partial charge is 0.377 e. The molecule has 2 saturated heterocycles. The first kappa shape index (κ1) is 11.4. The molecule has 2 aliphatic heterocycles. The van der Waals surface area contributed by atoms with Crippen molar-refractivity contribution in [1.29, 1.82) is 0 Å². The maximum atomic E-state index is 5.60. The normalized spacial score (nSPS) is 32.2. The summed E-state index contributed by atoms with van der Waals surface area (Å²) in [4.78, 5) is 2.57. The lowest BCUT2D eigenvalue weighted by Gasteiger charge is -2.34. The Morgan fingerprint density at radius 3 is 2.93 bits per heavy atom. The molecule has 1 N–H and O–H groups in total. The Kier molecular flexibility index (Phi) is 4.00. The van der Waals surface area contributed by atoms with Crippen LogP contribution in [-0.4, -0.2) is 50.3 Å². The van der Waals surface area contributed by atoms with Crippen LogP contribution >= 0.6 is 0 Å². The molecule has 15 heavy (non-hydrogen) atoms. The molecule has 0 aromatic rings. The van der Waals surface area contributed by atoms with Gasteiger partial charge in [-0.05, 0) is 51.7 Å². The lowest BCUT2D eigenvalue weighted by molar-refractivity contribution is 0.0449. The zero-order valence-electron chi connectivity index (χ0n) is 10.0. The molecule has 0 aliphatic carbocycles. The van der Waals surface area contributed by atoms with Crippen LogP contribution in [-0.2, 0) is 4.74 Å². The third kappa shape index (κ3) is 3.16. The SMILES string of the molecule is CC(C)OCCN1CCC2CNCC2C1. The quantitative estimate of drug-likeness (QED) is 0.751. The van der Waals surface area contributed by atoms with Crippen molar-refractivity contribution in [3.05, 3.63) is 0 Å². The molecule has 3 heteroatoms. The van der Waals surface area contributed by atoms with Crippen LogP contribution in [0.25, 0.3) is 0 Å². The van der Waals surface area contributed by atoms with Crippen LogP contribution in [0.2, 0.25) is 0 Å². The summed E-state index contributed by atoms with van der Waals surface area (Å²) >= 11 is 0. The van der Waals surface area contributed by atoms with Gasteiger partial charge < -0.3 is 15.0 Å². The van der Waals surface area contributed by atoms with Crippen molar-refractivity contribution in [2.75, 3.05) is 39.3 Å². The van der Waals surface area contributed by atoms with Gasteiger partial charge in [0.15, 0.2) is 0 Å². The van der Waals surface area contributed by atoms with Crippen molar-refractivity contribution in [1.82, 2.24) is 10.2 Å². The monoisotopic (exact) mass is 212 g/mol. The number of rotatable bonds is 4. The molecule has 0 spiro atoms. The van der Waals surface area contributed by atoms with E-state index >= 15 is 0 Å². The van der Waals surface area contributed by atoms with Crippen molar-refractivity contribution in [3.63, 3.8) is 0 Å². The van der Waals surface area contributed by atoms with Crippen molar-refractivity contribution >= 4 is 0 Å². The second-order valence-corrected chi connectivity index (χ2v) is 5.19. The van der Waals surface area contributed by atoms with Crippen LogP contribution < -0.4 is 5.32 Å². The predicted octanol–water partition coefficient (Wildman–Crippen LogP) is 0.953. The van der Waals surface area contributed by atoms with E-state index in [4.69, 9.17) is 4.74 Å². The second kappa shape index (κ2) is 5.28. The number of hydrogen-bond acceptors (Lipinski definition) is 3. The average Bonchev–Trinajstić information content (AvgIpc) is 2.64.